The third-order valence-corrected chi connectivity index (χ3v) is 2.95. The average molecular weight is 249 g/mol. The van der Waals surface area contributed by atoms with Crippen molar-refractivity contribution < 1.29 is 14.3 Å². The second-order valence-electron chi connectivity index (χ2n) is 4.85. The van der Waals surface area contributed by atoms with E-state index in [9.17, 15) is 4.79 Å². The van der Waals surface area contributed by atoms with Crippen molar-refractivity contribution in [3.05, 3.63) is 29.8 Å². The smallest absolute Gasteiger partial charge is 0.429 e. The van der Waals surface area contributed by atoms with Crippen LogP contribution in [0.3, 0.4) is 0 Å². The second-order valence-corrected chi connectivity index (χ2v) is 4.85. The SMILES string of the molecule is Cc1ccc(N2C[C@@H](C)OC(=O)O[C@@H](C)C2)cc1. The second kappa shape index (κ2) is 5.29. The highest BCUT2D eigenvalue weighted by Gasteiger charge is 2.23. The van der Waals surface area contributed by atoms with Crippen LogP contribution in [-0.4, -0.2) is 31.5 Å². The van der Waals surface area contributed by atoms with Gasteiger partial charge in [-0.25, -0.2) is 4.79 Å². The van der Waals surface area contributed by atoms with Crippen LogP contribution >= 0.6 is 0 Å². The van der Waals surface area contributed by atoms with Crippen molar-refractivity contribution in [1.82, 2.24) is 0 Å². The van der Waals surface area contributed by atoms with Crippen molar-refractivity contribution in [2.24, 2.45) is 0 Å². The fraction of sp³-hybridized carbons (Fsp3) is 0.500. The van der Waals surface area contributed by atoms with Gasteiger partial charge in [-0.2, -0.15) is 0 Å². The van der Waals surface area contributed by atoms with E-state index in [2.05, 4.69) is 36.1 Å². The summed E-state index contributed by atoms with van der Waals surface area (Å²) < 4.78 is 10.3. The van der Waals surface area contributed by atoms with E-state index in [4.69, 9.17) is 9.47 Å². The summed E-state index contributed by atoms with van der Waals surface area (Å²) in [5.74, 6) is 0. The Bertz CT molecular complexity index is 400. The molecule has 2 atom stereocenters. The minimum Gasteiger partial charge on any atom is -0.429 e. The number of carbonyl (C=O) groups excluding carboxylic acids is 1. The van der Waals surface area contributed by atoms with Crippen LogP contribution in [0, 0.1) is 6.92 Å². The van der Waals surface area contributed by atoms with Gasteiger partial charge in [0, 0.05) is 5.69 Å². The summed E-state index contributed by atoms with van der Waals surface area (Å²) in [5, 5.41) is 0. The molecule has 0 unspecified atom stereocenters. The average Bonchev–Trinajstić information content (AvgIpc) is 2.26. The summed E-state index contributed by atoms with van der Waals surface area (Å²) in [6.07, 6.45) is -0.920. The lowest BCUT2D eigenvalue weighted by Crippen LogP contribution is -2.42. The van der Waals surface area contributed by atoms with Crippen molar-refractivity contribution in [2.75, 3.05) is 18.0 Å². The van der Waals surface area contributed by atoms with Gasteiger partial charge in [0.05, 0.1) is 13.1 Å². The number of cyclic esters (lactones) is 2. The van der Waals surface area contributed by atoms with Crippen molar-refractivity contribution in [3.8, 4) is 0 Å². The van der Waals surface area contributed by atoms with Gasteiger partial charge in [-0.3, -0.25) is 0 Å². The number of nitrogens with zero attached hydrogens (tertiary/aromatic N) is 1. The Labute approximate surface area is 107 Å². The van der Waals surface area contributed by atoms with Crippen LogP contribution < -0.4 is 4.90 Å². The van der Waals surface area contributed by atoms with Gasteiger partial charge in [-0.1, -0.05) is 17.7 Å². The first-order valence-electron chi connectivity index (χ1n) is 6.23. The molecule has 0 aliphatic carbocycles. The fourth-order valence-corrected chi connectivity index (χ4v) is 2.09. The lowest BCUT2D eigenvalue weighted by Gasteiger charge is -2.32. The molecule has 1 saturated heterocycles. The Morgan fingerprint density at radius 3 is 2.06 bits per heavy atom. The number of benzene rings is 1. The van der Waals surface area contributed by atoms with Crippen LogP contribution in [0.2, 0.25) is 0 Å². The Hall–Kier alpha value is -1.71. The molecule has 2 rings (SSSR count). The van der Waals surface area contributed by atoms with E-state index in [0.29, 0.717) is 13.1 Å². The molecule has 0 aromatic heterocycles. The Balaban J connectivity index is 2.15. The largest absolute Gasteiger partial charge is 0.508 e. The highest BCUT2D eigenvalue weighted by Crippen LogP contribution is 2.18. The molecule has 0 amide bonds. The molecular weight excluding hydrogens is 230 g/mol. The van der Waals surface area contributed by atoms with E-state index < -0.39 is 6.16 Å². The number of anilines is 1. The molecule has 98 valence electrons. The van der Waals surface area contributed by atoms with Gasteiger partial charge in [-0.15, -0.1) is 0 Å². The molecule has 0 spiro atoms. The van der Waals surface area contributed by atoms with Crippen molar-refractivity contribution in [2.45, 2.75) is 33.0 Å². The number of rotatable bonds is 1. The Morgan fingerprint density at radius 2 is 1.56 bits per heavy atom. The van der Waals surface area contributed by atoms with Crippen LogP contribution in [-0.2, 0) is 9.47 Å². The highest BCUT2D eigenvalue weighted by atomic mass is 16.7. The quantitative estimate of drug-likeness (QED) is 0.717. The number of aryl methyl sites for hydroxylation is 1. The van der Waals surface area contributed by atoms with E-state index >= 15 is 0 Å². The number of ether oxygens (including phenoxy) is 2. The van der Waals surface area contributed by atoms with E-state index in [1.165, 1.54) is 5.56 Å². The molecule has 4 nitrogen and oxygen atoms in total. The van der Waals surface area contributed by atoms with E-state index in [-0.39, 0.29) is 12.2 Å². The minimum atomic E-state index is -0.571. The lowest BCUT2D eigenvalue weighted by molar-refractivity contribution is 0.00130. The van der Waals surface area contributed by atoms with Gasteiger partial charge in [0.15, 0.2) is 0 Å². The molecule has 1 aliphatic heterocycles. The molecule has 4 heteroatoms. The zero-order chi connectivity index (χ0) is 13.1. The van der Waals surface area contributed by atoms with E-state index in [0.717, 1.165) is 5.69 Å². The third-order valence-electron chi connectivity index (χ3n) is 2.95. The number of hydrogen-bond donors (Lipinski definition) is 0. The molecule has 0 bridgehead atoms. The zero-order valence-corrected chi connectivity index (χ0v) is 11.1. The summed E-state index contributed by atoms with van der Waals surface area (Å²) in [7, 11) is 0. The maximum atomic E-state index is 11.3. The van der Waals surface area contributed by atoms with Gasteiger partial charge in [0.2, 0.25) is 0 Å². The summed E-state index contributed by atoms with van der Waals surface area (Å²) >= 11 is 0. The molecule has 0 N–H and O–H groups in total. The number of carbonyl (C=O) groups is 1. The highest BCUT2D eigenvalue weighted by molar-refractivity contribution is 5.61. The molecule has 1 heterocycles. The molecule has 18 heavy (non-hydrogen) atoms. The summed E-state index contributed by atoms with van der Waals surface area (Å²) in [5.41, 5.74) is 2.36. The van der Waals surface area contributed by atoms with E-state index in [1.54, 1.807) is 0 Å². The Morgan fingerprint density at radius 1 is 1.06 bits per heavy atom. The maximum Gasteiger partial charge on any atom is 0.508 e. The number of hydrogen-bond acceptors (Lipinski definition) is 4. The molecule has 0 radical (unpaired) electrons. The van der Waals surface area contributed by atoms with Crippen LogP contribution in [0.5, 0.6) is 0 Å². The summed E-state index contributed by atoms with van der Waals surface area (Å²) in [4.78, 5) is 13.5. The third kappa shape index (κ3) is 3.15. The van der Waals surface area contributed by atoms with Crippen molar-refractivity contribution >= 4 is 11.8 Å². The zero-order valence-electron chi connectivity index (χ0n) is 11.1. The maximum absolute atomic E-state index is 11.3. The lowest BCUT2D eigenvalue weighted by atomic mass is 10.2. The van der Waals surface area contributed by atoms with Gasteiger partial charge >= 0.3 is 6.16 Å². The standard InChI is InChI=1S/C14H19NO3/c1-10-4-6-13(7-5-10)15-8-11(2)17-14(16)18-12(3)9-15/h4-7,11-12H,8-9H2,1-3H3/t11-,12+. The first kappa shape index (κ1) is 12.7. The molecule has 1 aliphatic rings. The van der Waals surface area contributed by atoms with Gasteiger partial charge < -0.3 is 14.4 Å². The monoisotopic (exact) mass is 249 g/mol. The molecule has 1 aromatic rings. The minimum absolute atomic E-state index is 0.175. The predicted octanol–water partition coefficient (Wildman–Crippen LogP) is 2.75. The fourth-order valence-electron chi connectivity index (χ4n) is 2.09. The molecule has 1 fully saturated rings. The first-order valence-corrected chi connectivity index (χ1v) is 6.23. The molecule has 0 saturated carbocycles. The molecular formula is C14H19NO3. The van der Waals surface area contributed by atoms with Gasteiger partial charge in [-0.05, 0) is 32.9 Å². The van der Waals surface area contributed by atoms with Crippen LogP contribution in [0.15, 0.2) is 24.3 Å². The van der Waals surface area contributed by atoms with Crippen LogP contribution in [0.25, 0.3) is 0 Å². The predicted molar refractivity (Wildman–Crippen MR) is 69.9 cm³/mol. The summed E-state index contributed by atoms with van der Waals surface area (Å²) in [6, 6.07) is 8.32. The van der Waals surface area contributed by atoms with Gasteiger partial charge in [0.1, 0.15) is 12.2 Å². The Kier molecular flexibility index (Phi) is 3.75. The van der Waals surface area contributed by atoms with Crippen LogP contribution in [0.4, 0.5) is 10.5 Å². The van der Waals surface area contributed by atoms with Crippen molar-refractivity contribution in [3.63, 3.8) is 0 Å². The van der Waals surface area contributed by atoms with Crippen molar-refractivity contribution in [1.29, 1.82) is 0 Å². The van der Waals surface area contributed by atoms with Crippen LogP contribution in [0.1, 0.15) is 19.4 Å². The normalized spacial score (nSPS) is 24.8. The first-order chi connectivity index (χ1) is 8.54. The summed E-state index contributed by atoms with van der Waals surface area (Å²) in [6.45, 7) is 7.18. The topological polar surface area (TPSA) is 38.8 Å². The van der Waals surface area contributed by atoms with E-state index in [1.807, 2.05) is 13.8 Å². The molecule has 1 aromatic carbocycles. The van der Waals surface area contributed by atoms with Gasteiger partial charge in [0.25, 0.3) is 0 Å².